The van der Waals surface area contributed by atoms with Crippen LogP contribution in [-0.2, 0) is 6.42 Å². The number of carbonyl (C=O) groups is 1. The van der Waals surface area contributed by atoms with E-state index in [4.69, 9.17) is 33.0 Å². The fourth-order valence-electron chi connectivity index (χ4n) is 3.07. The number of halogens is 1. The summed E-state index contributed by atoms with van der Waals surface area (Å²) in [7, 11) is 1.51. The molecule has 8 heteroatoms. The first-order valence-electron chi connectivity index (χ1n) is 9.41. The number of rotatable bonds is 5. The standard InChI is InChI=1S/C23H18ClN3O3S/c1-29-19-5-3-2-4-17(19)22(28)27-23(31)25-16-10-11-20-18(13-16)26-21(30-20)12-14-6-8-15(24)9-7-14/h2-11,13H,12H2,1H3,(H2,25,27,28,31). The van der Waals surface area contributed by atoms with Gasteiger partial charge in [0.05, 0.1) is 12.7 Å². The zero-order chi connectivity index (χ0) is 21.8. The van der Waals surface area contributed by atoms with Crippen molar-refractivity contribution in [2.24, 2.45) is 0 Å². The summed E-state index contributed by atoms with van der Waals surface area (Å²) in [5.74, 6) is 0.712. The van der Waals surface area contributed by atoms with Gasteiger partial charge in [0.1, 0.15) is 11.3 Å². The van der Waals surface area contributed by atoms with E-state index in [1.807, 2.05) is 30.3 Å². The van der Waals surface area contributed by atoms with Crippen LogP contribution in [0.15, 0.2) is 71.1 Å². The molecule has 4 aromatic rings. The summed E-state index contributed by atoms with van der Waals surface area (Å²) in [5.41, 5.74) is 3.48. The molecule has 0 aliphatic rings. The van der Waals surface area contributed by atoms with Crippen LogP contribution in [0.1, 0.15) is 21.8 Å². The fourth-order valence-corrected chi connectivity index (χ4v) is 3.41. The third-order valence-corrected chi connectivity index (χ3v) is 4.99. The lowest BCUT2D eigenvalue weighted by atomic mass is 10.1. The predicted molar refractivity (Wildman–Crippen MR) is 125 cm³/mol. The normalized spacial score (nSPS) is 10.6. The molecule has 0 fully saturated rings. The van der Waals surface area contributed by atoms with Crippen molar-refractivity contribution >= 4 is 51.6 Å². The van der Waals surface area contributed by atoms with Crippen LogP contribution >= 0.6 is 23.8 Å². The number of aromatic nitrogens is 1. The molecule has 0 aliphatic carbocycles. The minimum Gasteiger partial charge on any atom is -0.496 e. The van der Waals surface area contributed by atoms with E-state index in [0.717, 1.165) is 5.56 Å². The van der Waals surface area contributed by atoms with Gasteiger partial charge in [-0.05, 0) is 60.2 Å². The molecule has 0 atom stereocenters. The highest BCUT2D eigenvalue weighted by Gasteiger charge is 2.13. The summed E-state index contributed by atoms with van der Waals surface area (Å²) in [6.45, 7) is 0. The van der Waals surface area contributed by atoms with Gasteiger partial charge in [-0.25, -0.2) is 4.98 Å². The van der Waals surface area contributed by atoms with Crippen molar-refractivity contribution in [3.8, 4) is 5.75 Å². The van der Waals surface area contributed by atoms with Gasteiger partial charge in [0.25, 0.3) is 5.91 Å². The van der Waals surface area contributed by atoms with E-state index in [2.05, 4.69) is 15.6 Å². The SMILES string of the molecule is COc1ccccc1C(=O)NC(=S)Nc1ccc2oc(Cc3ccc(Cl)cc3)nc2c1. The number of fused-ring (bicyclic) bond motifs is 1. The zero-order valence-corrected chi connectivity index (χ0v) is 18.1. The highest BCUT2D eigenvalue weighted by atomic mass is 35.5. The average Bonchev–Trinajstić information content (AvgIpc) is 3.16. The maximum atomic E-state index is 12.5. The van der Waals surface area contributed by atoms with Crippen LogP contribution in [0.3, 0.4) is 0 Å². The predicted octanol–water partition coefficient (Wildman–Crippen LogP) is 5.21. The Morgan fingerprint density at radius 3 is 2.68 bits per heavy atom. The molecule has 6 nitrogen and oxygen atoms in total. The number of thiocarbonyl (C=S) groups is 1. The number of oxazole rings is 1. The molecule has 0 saturated carbocycles. The number of nitrogens with one attached hydrogen (secondary N) is 2. The number of carbonyl (C=O) groups excluding carboxylic acids is 1. The molecule has 2 N–H and O–H groups in total. The quantitative estimate of drug-likeness (QED) is 0.406. The molecule has 0 spiro atoms. The molecule has 1 amide bonds. The van der Waals surface area contributed by atoms with Crippen molar-refractivity contribution in [3.05, 3.63) is 88.8 Å². The topological polar surface area (TPSA) is 76.4 Å². The van der Waals surface area contributed by atoms with E-state index < -0.39 is 0 Å². The number of anilines is 1. The Morgan fingerprint density at radius 2 is 1.90 bits per heavy atom. The second kappa shape index (κ2) is 9.16. The highest BCUT2D eigenvalue weighted by Crippen LogP contribution is 2.22. The van der Waals surface area contributed by atoms with Gasteiger partial charge in [0.2, 0.25) is 0 Å². The minimum absolute atomic E-state index is 0.167. The van der Waals surface area contributed by atoms with E-state index in [0.29, 0.717) is 45.4 Å². The van der Waals surface area contributed by atoms with Gasteiger partial charge >= 0.3 is 0 Å². The number of amides is 1. The van der Waals surface area contributed by atoms with Crippen molar-refractivity contribution in [2.75, 3.05) is 12.4 Å². The van der Waals surface area contributed by atoms with Crippen molar-refractivity contribution in [1.29, 1.82) is 0 Å². The summed E-state index contributed by atoms with van der Waals surface area (Å²) in [4.78, 5) is 17.0. The minimum atomic E-state index is -0.359. The molecule has 0 radical (unpaired) electrons. The Bertz CT molecular complexity index is 1250. The maximum Gasteiger partial charge on any atom is 0.261 e. The number of benzene rings is 3. The first-order valence-corrected chi connectivity index (χ1v) is 10.2. The van der Waals surface area contributed by atoms with Gasteiger partial charge in [-0.3, -0.25) is 10.1 Å². The Hall–Kier alpha value is -3.42. The van der Waals surface area contributed by atoms with Crippen LogP contribution in [0.4, 0.5) is 5.69 Å². The highest BCUT2D eigenvalue weighted by molar-refractivity contribution is 7.80. The van der Waals surface area contributed by atoms with Crippen LogP contribution in [0.5, 0.6) is 5.75 Å². The van der Waals surface area contributed by atoms with Gasteiger partial charge in [-0.1, -0.05) is 35.9 Å². The maximum absolute atomic E-state index is 12.5. The molecule has 0 bridgehead atoms. The van der Waals surface area contributed by atoms with Gasteiger partial charge in [0.15, 0.2) is 16.6 Å². The summed E-state index contributed by atoms with van der Waals surface area (Å²) in [5, 5.41) is 6.51. The average molecular weight is 452 g/mol. The molecule has 3 aromatic carbocycles. The first-order chi connectivity index (χ1) is 15.0. The number of para-hydroxylation sites is 1. The molecule has 31 heavy (non-hydrogen) atoms. The molecule has 1 heterocycles. The lowest BCUT2D eigenvalue weighted by molar-refractivity contribution is 0.0975. The summed E-state index contributed by atoms with van der Waals surface area (Å²) in [6, 6.07) is 19.9. The van der Waals surface area contributed by atoms with E-state index in [9.17, 15) is 4.79 Å². The van der Waals surface area contributed by atoms with Crippen molar-refractivity contribution < 1.29 is 13.9 Å². The van der Waals surface area contributed by atoms with Crippen molar-refractivity contribution in [2.45, 2.75) is 6.42 Å². The molecule has 0 unspecified atom stereocenters. The fraction of sp³-hybridized carbons (Fsp3) is 0.0870. The molecule has 156 valence electrons. The third kappa shape index (κ3) is 5.02. The number of hydrogen-bond acceptors (Lipinski definition) is 5. The third-order valence-electron chi connectivity index (χ3n) is 4.54. The van der Waals surface area contributed by atoms with Crippen LogP contribution < -0.4 is 15.4 Å². The monoisotopic (exact) mass is 451 g/mol. The molecular formula is C23H18ClN3O3S. The van der Waals surface area contributed by atoms with Crippen molar-refractivity contribution in [1.82, 2.24) is 10.3 Å². The van der Waals surface area contributed by atoms with E-state index in [-0.39, 0.29) is 11.0 Å². The Labute approximate surface area is 189 Å². The van der Waals surface area contributed by atoms with Gasteiger partial charge in [-0.15, -0.1) is 0 Å². The number of ether oxygens (including phenoxy) is 1. The molecule has 1 aromatic heterocycles. The molecule has 0 saturated heterocycles. The second-order valence-electron chi connectivity index (χ2n) is 6.70. The Morgan fingerprint density at radius 1 is 1.13 bits per heavy atom. The first kappa shape index (κ1) is 20.8. The number of nitrogens with zero attached hydrogens (tertiary/aromatic N) is 1. The second-order valence-corrected chi connectivity index (χ2v) is 7.55. The molecule has 0 aliphatic heterocycles. The van der Waals surface area contributed by atoms with Gasteiger partial charge < -0.3 is 14.5 Å². The van der Waals surface area contributed by atoms with Crippen LogP contribution in [0.25, 0.3) is 11.1 Å². The van der Waals surface area contributed by atoms with Crippen LogP contribution in [0, 0.1) is 0 Å². The summed E-state index contributed by atoms with van der Waals surface area (Å²) >= 11 is 11.2. The largest absolute Gasteiger partial charge is 0.496 e. The Balaban J connectivity index is 1.44. The number of hydrogen-bond donors (Lipinski definition) is 2. The zero-order valence-electron chi connectivity index (χ0n) is 16.5. The molecular weight excluding hydrogens is 434 g/mol. The van der Waals surface area contributed by atoms with E-state index in [1.54, 1.807) is 36.4 Å². The van der Waals surface area contributed by atoms with E-state index in [1.165, 1.54) is 7.11 Å². The summed E-state index contributed by atoms with van der Waals surface area (Å²) < 4.78 is 11.0. The smallest absolute Gasteiger partial charge is 0.261 e. The van der Waals surface area contributed by atoms with Crippen LogP contribution in [0.2, 0.25) is 5.02 Å². The number of methoxy groups -OCH3 is 1. The van der Waals surface area contributed by atoms with E-state index >= 15 is 0 Å². The molecule has 4 rings (SSSR count). The lowest BCUT2D eigenvalue weighted by Crippen LogP contribution is -2.34. The van der Waals surface area contributed by atoms with Crippen molar-refractivity contribution in [3.63, 3.8) is 0 Å². The lowest BCUT2D eigenvalue weighted by Gasteiger charge is -2.11. The van der Waals surface area contributed by atoms with Crippen LogP contribution in [-0.4, -0.2) is 23.1 Å². The van der Waals surface area contributed by atoms with Gasteiger partial charge in [0, 0.05) is 17.1 Å². The summed E-state index contributed by atoms with van der Waals surface area (Å²) in [6.07, 6.45) is 0.558. The Kier molecular flexibility index (Phi) is 6.16. The van der Waals surface area contributed by atoms with Gasteiger partial charge in [-0.2, -0.15) is 0 Å².